The molecular formula is C12H13NO2S. The number of esters is 1. The monoisotopic (exact) mass is 235 g/mol. The van der Waals surface area contributed by atoms with E-state index in [4.69, 9.17) is 4.74 Å². The van der Waals surface area contributed by atoms with Crippen molar-refractivity contribution in [1.82, 2.24) is 4.98 Å². The number of ether oxygens (including phenoxy) is 1. The Balaban J connectivity index is 2.33. The van der Waals surface area contributed by atoms with Crippen molar-refractivity contribution in [2.24, 2.45) is 0 Å². The van der Waals surface area contributed by atoms with E-state index < -0.39 is 0 Å². The van der Waals surface area contributed by atoms with Gasteiger partial charge in [0.25, 0.3) is 0 Å². The first-order chi connectivity index (χ1) is 7.70. The molecule has 0 N–H and O–H groups in total. The molecule has 16 heavy (non-hydrogen) atoms. The summed E-state index contributed by atoms with van der Waals surface area (Å²) in [7, 11) is 0. The third-order valence-corrected chi connectivity index (χ3v) is 3.19. The lowest BCUT2D eigenvalue weighted by Crippen LogP contribution is -2.07. The SMILES string of the molecule is CCOC(=O)Cc1cccc2sc(C)nc12. The lowest BCUT2D eigenvalue weighted by atomic mass is 10.1. The van der Waals surface area contributed by atoms with Gasteiger partial charge in [-0.1, -0.05) is 12.1 Å². The molecule has 0 saturated carbocycles. The van der Waals surface area contributed by atoms with Crippen LogP contribution in [0.4, 0.5) is 0 Å². The van der Waals surface area contributed by atoms with Gasteiger partial charge in [-0.2, -0.15) is 0 Å². The molecule has 0 unspecified atom stereocenters. The van der Waals surface area contributed by atoms with E-state index in [1.165, 1.54) is 0 Å². The number of hydrogen-bond acceptors (Lipinski definition) is 4. The van der Waals surface area contributed by atoms with Gasteiger partial charge < -0.3 is 4.74 Å². The fourth-order valence-corrected chi connectivity index (χ4v) is 2.50. The Bertz CT molecular complexity index is 519. The zero-order chi connectivity index (χ0) is 11.5. The summed E-state index contributed by atoms with van der Waals surface area (Å²) in [6, 6.07) is 5.90. The first-order valence-electron chi connectivity index (χ1n) is 5.21. The first-order valence-corrected chi connectivity index (χ1v) is 6.03. The molecule has 0 aliphatic carbocycles. The minimum Gasteiger partial charge on any atom is -0.466 e. The molecule has 0 spiro atoms. The summed E-state index contributed by atoms with van der Waals surface area (Å²) in [5.74, 6) is -0.194. The first kappa shape index (κ1) is 11.1. The molecule has 0 aliphatic rings. The molecule has 0 aliphatic heterocycles. The van der Waals surface area contributed by atoms with E-state index in [0.29, 0.717) is 13.0 Å². The predicted molar refractivity (Wildman–Crippen MR) is 64.7 cm³/mol. The fraction of sp³-hybridized carbons (Fsp3) is 0.333. The number of hydrogen-bond donors (Lipinski definition) is 0. The van der Waals surface area contributed by atoms with Gasteiger partial charge in [-0.05, 0) is 25.5 Å². The smallest absolute Gasteiger partial charge is 0.310 e. The second-order valence-corrected chi connectivity index (χ2v) is 4.71. The normalized spacial score (nSPS) is 10.6. The fourth-order valence-electron chi connectivity index (χ4n) is 1.63. The molecule has 84 valence electrons. The van der Waals surface area contributed by atoms with Crippen LogP contribution < -0.4 is 0 Å². The average molecular weight is 235 g/mol. The molecular weight excluding hydrogens is 222 g/mol. The molecule has 3 nitrogen and oxygen atoms in total. The number of para-hydroxylation sites is 1. The van der Waals surface area contributed by atoms with Crippen LogP contribution in [0.15, 0.2) is 18.2 Å². The molecule has 0 radical (unpaired) electrons. The lowest BCUT2D eigenvalue weighted by molar-refractivity contribution is -0.142. The highest BCUT2D eigenvalue weighted by molar-refractivity contribution is 7.18. The maximum absolute atomic E-state index is 11.4. The summed E-state index contributed by atoms with van der Waals surface area (Å²) in [5.41, 5.74) is 1.87. The number of carbonyl (C=O) groups excluding carboxylic acids is 1. The van der Waals surface area contributed by atoms with Crippen LogP contribution in [0.5, 0.6) is 0 Å². The summed E-state index contributed by atoms with van der Waals surface area (Å²) in [4.78, 5) is 15.9. The van der Waals surface area contributed by atoms with Crippen molar-refractivity contribution in [2.75, 3.05) is 6.61 Å². The molecule has 0 amide bonds. The third-order valence-electron chi connectivity index (χ3n) is 2.25. The van der Waals surface area contributed by atoms with Crippen LogP contribution in [0.3, 0.4) is 0 Å². The van der Waals surface area contributed by atoms with Crippen LogP contribution in [0.2, 0.25) is 0 Å². The van der Waals surface area contributed by atoms with Crippen molar-refractivity contribution in [1.29, 1.82) is 0 Å². The van der Waals surface area contributed by atoms with Gasteiger partial charge in [0.05, 0.1) is 28.3 Å². The van der Waals surface area contributed by atoms with Gasteiger partial charge in [-0.25, -0.2) is 4.98 Å². The molecule has 2 rings (SSSR count). The van der Waals surface area contributed by atoms with Crippen molar-refractivity contribution in [3.63, 3.8) is 0 Å². The quantitative estimate of drug-likeness (QED) is 0.768. The molecule has 0 saturated heterocycles. The number of aromatic nitrogens is 1. The number of fused-ring (bicyclic) bond motifs is 1. The largest absolute Gasteiger partial charge is 0.466 e. The maximum Gasteiger partial charge on any atom is 0.310 e. The van der Waals surface area contributed by atoms with Crippen LogP contribution in [-0.2, 0) is 16.0 Å². The standard InChI is InChI=1S/C12H13NO2S/c1-3-15-11(14)7-9-5-4-6-10-12(9)13-8(2)16-10/h4-6H,3,7H2,1-2H3. The van der Waals surface area contributed by atoms with Crippen molar-refractivity contribution in [3.05, 3.63) is 28.8 Å². The predicted octanol–water partition coefficient (Wildman–Crippen LogP) is 2.71. The summed E-state index contributed by atoms with van der Waals surface area (Å²) >= 11 is 1.64. The van der Waals surface area contributed by atoms with Crippen molar-refractivity contribution < 1.29 is 9.53 Å². The zero-order valence-corrected chi connectivity index (χ0v) is 10.1. The molecule has 1 aromatic carbocycles. The van der Waals surface area contributed by atoms with Crippen LogP contribution in [0.1, 0.15) is 17.5 Å². The molecule has 1 aromatic heterocycles. The van der Waals surface area contributed by atoms with Gasteiger partial charge in [0.1, 0.15) is 0 Å². The van der Waals surface area contributed by atoms with E-state index in [9.17, 15) is 4.79 Å². The minimum absolute atomic E-state index is 0.194. The van der Waals surface area contributed by atoms with Gasteiger partial charge in [-0.3, -0.25) is 4.79 Å². The summed E-state index contributed by atoms with van der Waals surface area (Å²) < 4.78 is 6.06. The Kier molecular flexibility index (Phi) is 3.19. The minimum atomic E-state index is -0.194. The molecule has 0 fully saturated rings. The van der Waals surface area contributed by atoms with Crippen molar-refractivity contribution >= 4 is 27.5 Å². The van der Waals surface area contributed by atoms with E-state index in [0.717, 1.165) is 20.8 Å². The highest BCUT2D eigenvalue weighted by Gasteiger charge is 2.10. The molecule has 0 bridgehead atoms. The number of aryl methyl sites for hydroxylation is 1. The van der Waals surface area contributed by atoms with Gasteiger partial charge >= 0.3 is 5.97 Å². The maximum atomic E-state index is 11.4. The summed E-state index contributed by atoms with van der Waals surface area (Å²) in [6.45, 7) is 4.20. The number of benzene rings is 1. The summed E-state index contributed by atoms with van der Waals surface area (Å²) in [5, 5.41) is 1.02. The van der Waals surface area contributed by atoms with E-state index in [2.05, 4.69) is 4.98 Å². The van der Waals surface area contributed by atoms with E-state index in [-0.39, 0.29) is 5.97 Å². The highest BCUT2D eigenvalue weighted by atomic mass is 32.1. The van der Waals surface area contributed by atoms with Crippen LogP contribution in [-0.4, -0.2) is 17.6 Å². The molecule has 1 heterocycles. The van der Waals surface area contributed by atoms with Crippen molar-refractivity contribution in [2.45, 2.75) is 20.3 Å². The van der Waals surface area contributed by atoms with Gasteiger partial charge in [0.15, 0.2) is 0 Å². The Morgan fingerprint density at radius 3 is 3.06 bits per heavy atom. The summed E-state index contributed by atoms with van der Waals surface area (Å²) in [6.07, 6.45) is 0.300. The second kappa shape index (κ2) is 4.61. The van der Waals surface area contributed by atoms with Gasteiger partial charge in [0, 0.05) is 0 Å². The molecule has 2 aromatic rings. The van der Waals surface area contributed by atoms with Crippen LogP contribution in [0.25, 0.3) is 10.2 Å². The van der Waals surface area contributed by atoms with Crippen LogP contribution in [0, 0.1) is 6.92 Å². The van der Waals surface area contributed by atoms with Gasteiger partial charge in [0.2, 0.25) is 0 Å². The number of nitrogens with zero attached hydrogens (tertiary/aromatic N) is 1. The third kappa shape index (κ3) is 2.22. The highest BCUT2D eigenvalue weighted by Crippen LogP contribution is 2.24. The lowest BCUT2D eigenvalue weighted by Gasteiger charge is -2.02. The molecule has 0 atom stereocenters. The molecule has 4 heteroatoms. The number of carbonyl (C=O) groups is 1. The van der Waals surface area contributed by atoms with Crippen LogP contribution >= 0.6 is 11.3 Å². The van der Waals surface area contributed by atoms with E-state index in [1.54, 1.807) is 11.3 Å². The second-order valence-electron chi connectivity index (χ2n) is 3.48. The zero-order valence-electron chi connectivity index (χ0n) is 9.32. The number of thiazole rings is 1. The number of rotatable bonds is 3. The Labute approximate surface area is 98.1 Å². The van der Waals surface area contributed by atoms with E-state index in [1.807, 2.05) is 32.0 Å². The van der Waals surface area contributed by atoms with Gasteiger partial charge in [-0.15, -0.1) is 11.3 Å². The Morgan fingerprint density at radius 1 is 1.50 bits per heavy atom. The Morgan fingerprint density at radius 2 is 2.31 bits per heavy atom. The van der Waals surface area contributed by atoms with Crippen molar-refractivity contribution in [3.8, 4) is 0 Å². The van der Waals surface area contributed by atoms with E-state index >= 15 is 0 Å². The topological polar surface area (TPSA) is 39.2 Å². The Hall–Kier alpha value is -1.42. The average Bonchev–Trinajstić information content (AvgIpc) is 2.60.